The van der Waals surface area contributed by atoms with Crippen LogP contribution in [-0.4, -0.2) is 72.5 Å². The van der Waals surface area contributed by atoms with E-state index in [-0.39, 0.29) is 25.8 Å². The van der Waals surface area contributed by atoms with Gasteiger partial charge in [-0.05, 0) is 36.9 Å². The molecule has 0 heterocycles. The van der Waals surface area contributed by atoms with E-state index in [1.54, 1.807) is 42.5 Å². The molecule has 0 radical (unpaired) electrons. The normalized spacial score (nSPS) is 12.8. The maximum atomic E-state index is 13.4. The summed E-state index contributed by atoms with van der Waals surface area (Å²) in [5, 5.41) is 19.2. The van der Waals surface area contributed by atoms with Crippen molar-refractivity contribution in [3.8, 4) is 0 Å². The third-order valence-corrected chi connectivity index (χ3v) is 6.03. The van der Waals surface area contributed by atoms with Crippen molar-refractivity contribution in [3.05, 3.63) is 71.8 Å². The molecule has 0 spiro atoms. The van der Waals surface area contributed by atoms with Crippen molar-refractivity contribution >= 4 is 29.6 Å². The van der Waals surface area contributed by atoms with Gasteiger partial charge in [0.1, 0.15) is 24.7 Å². The average Bonchev–Trinajstić information content (AvgIpc) is 2.95. The first-order valence-electron chi connectivity index (χ1n) is 13.1. The number of benzene rings is 2. The average molecular weight is 555 g/mol. The Balaban J connectivity index is 2.23. The Morgan fingerprint density at radius 3 is 1.68 bits per heavy atom. The number of aliphatic carboxylic acids is 1. The molecule has 0 saturated carbocycles. The van der Waals surface area contributed by atoms with E-state index in [1.807, 2.05) is 18.2 Å². The second-order valence-corrected chi connectivity index (χ2v) is 9.22. The molecule has 0 saturated heterocycles. The van der Waals surface area contributed by atoms with Gasteiger partial charge in [-0.2, -0.15) is 0 Å². The van der Waals surface area contributed by atoms with Gasteiger partial charge in [0.15, 0.2) is 0 Å². The van der Waals surface area contributed by atoms with Gasteiger partial charge in [0, 0.05) is 12.8 Å². The van der Waals surface area contributed by atoms with Crippen LogP contribution in [0.1, 0.15) is 30.4 Å². The van der Waals surface area contributed by atoms with Crippen molar-refractivity contribution in [3.63, 3.8) is 0 Å². The number of amides is 4. The second kappa shape index (κ2) is 17.3. The van der Waals surface area contributed by atoms with E-state index in [9.17, 15) is 24.0 Å². The summed E-state index contributed by atoms with van der Waals surface area (Å²) >= 11 is 0. The molecule has 4 amide bonds. The lowest BCUT2D eigenvalue weighted by atomic mass is 10.0. The first-order valence-corrected chi connectivity index (χ1v) is 13.1. The van der Waals surface area contributed by atoms with Crippen molar-refractivity contribution in [2.75, 3.05) is 19.6 Å². The Hall–Kier alpha value is -4.29. The predicted octanol–water partition coefficient (Wildman–Crippen LogP) is -0.785. The Bertz CT molecular complexity index is 1110. The largest absolute Gasteiger partial charge is 0.480 e. The fourth-order valence-electron chi connectivity index (χ4n) is 3.96. The summed E-state index contributed by atoms with van der Waals surface area (Å²) in [5.74, 6) is -3.65. The quantitative estimate of drug-likeness (QED) is 0.123. The third-order valence-electron chi connectivity index (χ3n) is 6.03. The van der Waals surface area contributed by atoms with Crippen LogP contribution < -0.4 is 32.7 Å². The van der Waals surface area contributed by atoms with Gasteiger partial charge >= 0.3 is 5.97 Å². The van der Waals surface area contributed by atoms with Crippen LogP contribution in [0.2, 0.25) is 0 Å². The van der Waals surface area contributed by atoms with Gasteiger partial charge in [0.2, 0.25) is 23.6 Å². The summed E-state index contributed by atoms with van der Waals surface area (Å²) in [5.41, 5.74) is 12.6. The lowest BCUT2D eigenvalue weighted by Gasteiger charge is -2.25. The van der Waals surface area contributed by atoms with Crippen LogP contribution in [0.4, 0.5) is 0 Å². The topological polar surface area (TPSA) is 206 Å². The minimum absolute atomic E-state index is 0.102. The number of rotatable bonds is 17. The van der Waals surface area contributed by atoms with Gasteiger partial charge < -0.3 is 37.8 Å². The standard InChI is InChI=1S/C28H38N6O6/c29-14-8-7-13-21(33-28(40)23(32-24(35)17-30)16-20-11-5-2-6-12-20)27(39)34-22(26(38)31-18-25(36)37)15-19-9-3-1-4-10-19/h1-6,9-12,21-23H,7-8,13-18,29-30H2,(H,31,38)(H,32,35)(H,33,40)(H,34,39)(H,36,37)/t21-,22-,23-/m0/s1. The summed E-state index contributed by atoms with van der Waals surface area (Å²) < 4.78 is 0. The summed E-state index contributed by atoms with van der Waals surface area (Å²) in [6, 6.07) is 14.8. The van der Waals surface area contributed by atoms with Crippen LogP contribution in [0, 0.1) is 0 Å². The summed E-state index contributed by atoms with van der Waals surface area (Å²) in [7, 11) is 0. The fraction of sp³-hybridized carbons (Fsp3) is 0.393. The molecular weight excluding hydrogens is 516 g/mol. The Kier molecular flexibility index (Phi) is 13.8. The van der Waals surface area contributed by atoms with Crippen molar-refractivity contribution < 1.29 is 29.1 Å². The van der Waals surface area contributed by atoms with Crippen LogP contribution in [0.5, 0.6) is 0 Å². The Morgan fingerprint density at radius 2 is 1.18 bits per heavy atom. The lowest BCUT2D eigenvalue weighted by Crippen LogP contribution is -2.58. The van der Waals surface area contributed by atoms with Gasteiger partial charge in [-0.25, -0.2) is 0 Å². The molecule has 3 atom stereocenters. The van der Waals surface area contributed by atoms with Crippen LogP contribution in [0.15, 0.2) is 60.7 Å². The van der Waals surface area contributed by atoms with Gasteiger partial charge in [-0.1, -0.05) is 60.7 Å². The molecule has 0 aliphatic heterocycles. The summed E-state index contributed by atoms with van der Waals surface area (Å²) in [4.78, 5) is 62.6. The first kappa shape index (κ1) is 31.9. The smallest absolute Gasteiger partial charge is 0.322 e. The van der Waals surface area contributed by atoms with Crippen molar-refractivity contribution in [2.24, 2.45) is 11.5 Å². The first-order chi connectivity index (χ1) is 19.2. The van der Waals surface area contributed by atoms with Crippen molar-refractivity contribution in [1.29, 1.82) is 0 Å². The monoisotopic (exact) mass is 554 g/mol. The molecule has 40 heavy (non-hydrogen) atoms. The Labute approximate surface area is 233 Å². The van der Waals surface area contributed by atoms with Gasteiger partial charge in [-0.15, -0.1) is 0 Å². The zero-order chi connectivity index (χ0) is 29.3. The van der Waals surface area contributed by atoms with E-state index in [2.05, 4.69) is 21.3 Å². The molecule has 0 aliphatic rings. The molecule has 12 heteroatoms. The number of unbranched alkanes of at least 4 members (excludes halogenated alkanes) is 1. The fourth-order valence-corrected chi connectivity index (χ4v) is 3.96. The molecule has 9 N–H and O–H groups in total. The minimum atomic E-state index is -1.23. The maximum absolute atomic E-state index is 13.4. The number of carbonyl (C=O) groups excluding carboxylic acids is 4. The van der Waals surface area contributed by atoms with E-state index >= 15 is 0 Å². The van der Waals surface area contributed by atoms with Crippen molar-refractivity contribution in [2.45, 2.75) is 50.2 Å². The predicted molar refractivity (Wildman–Crippen MR) is 149 cm³/mol. The highest BCUT2D eigenvalue weighted by atomic mass is 16.4. The van der Waals surface area contributed by atoms with Gasteiger partial charge in [0.05, 0.1) is 6.54 Å². The highest BCUT2D eigenvalue weighted by Crippen LogP contribution is 2.08. The molecule has 2 aromatic carbocycles. The maximum Gasteiger partial charge on any atom is 0.322 e. The van der Waals surface area contributed by atoms with Crippen LogP contribution >= 0.6 is 0 Å². The van der Waals surface area contributed by atoms with E-state index in [0.29, 0.717) is 19.4 Å². The highest BCUT2D eigenvalue weighted by Gasteiger charge is 2.30. The number of carboxylic acids is 1. The number of nitrogens with two attached hydrogens (primary N) is 2. The molecule has 0 aromatic heterocycles. The molecule has 0 fully saturated rings. The summed E-state index contributed by atoms with van der Waals surface area (Å²) in [6.07, 6.45) is 1.62. The molecular formula is C28H38N6O6. The van der Waals surface area contributed by atoms with Crippen LogP contribution in [-0.2, 0) is 36.8 Å². The SMILES string of the molecule is NCCCC[C@H](NC(=O)[C@H](Cc1ccccc1)NC(=O)CN)C(=O)N[C@@H](Cc1ccccc1)C(=O)NCC(=O)O. The van der Waals surface area contributed by atoms with E-state index in [1.165, 1.54) is 0 Å². The van der Waals surface area contributed by atoms with Gasteiger partial charge in [-0.3, -0.25) is 24.0 Å². The summed E-state index contributed by atoms with van der Waals surface area (Å²) in [6.45, 7) is -0.538. The lowest BCUT2D eigenvalue weighted by molar-refractivity contribution is -0.138. The van der Waals surface area contributed by atoms with Gasteiger partial charge in [0.25, 0.3) is 0 Å². The number of carbonyl (C=O) groups is 5. The molecule has 0 unspecified atom stereocenters. The molecule has 216 valence electrons. The molecule has 0 aliphatic carbocycles. The van der Waals surface area contributed by atoms with Crippen LogP contribution in [0.25, 0.3) is 0 Å². The Morgan fingerprint density at radius 1 is 0.675 bits per heavy atom. The number of carboxylic acid groups (broad SMARTS) is 1. The van der Waals surface area contributed by atoms with E-state index < -0.39 is 54.3 Å². The number of hydrogen-bond donors (Lipinski definition) is 7. The molecule has 2 aromatic rings. The van der Waals surface area contributed by atoms with Crippen LogP contribution in [0.3, 0.4) is 0 Å². The molecule has 12 nitrogen and oxygen atoms in total. The number of nitrogens with one attached hydrogen (secondary N) is 4. The second-order valence-electron chi connectivity index (χ2n) is 9.22. The minimum Gasteiger partial charge on any atom is -0.480 e. The third kappa shape index (κ3) is 11.6. The molecule has 0 bridgehead atoms. The van der Waals surface area contributed by atoms with E-state index in [0.717, 1.165) is 11.1 Å². The zero-order valence-electron chi connectivity index (χ0n) is 22.3. The highest BCUT2D eigenvalue weighted by molar-refractivity contribution is 5.95. The van der Waals surface area contributed by atoms with E-state index in [4.69, 9.17) is 16.6 Å². The zero-order valence-corrected chi connectivity index (χ0v) is 22.3. The molecule has 2 rings (SSSR count). The van der Waals surface area contributed by atoms with Crippen molar-refractivity contribution in [1.82, 2.24) is 21.3 Å². The number of hydrogen-bond acceptors (Lipinski definition) is 7.